The quantitative estimate of drug-likeness (QED) is 0.406. The molecule has 0 saturated carbocycles. The predicted molar refractivity (Wildman–Crippen MR) is 115 cm³/mol. The smallest absolute Gasteiger partial charge is 1.00 e. The topological polar surface area (TPSA) is 0 Å². The zero-order chi connectivity index (χ0) is 17.9. The maximum atomic E-state index is 2.63. The molecule has 0 nitrogen and oxygen atoms in total. The molecule has 0 N–H and O–H groups in total. The van der Waals surface area contributed by atoms with Crippen molar-refractivity contribution in [1.29, 1.82) is 0 Å². The molecule has 5 rings (SSSR count). The Morgan fingerprint density at radius 1 is 0.966 bits per heavy atom. The fourth-order valence-corrected chi connectivity index (χ4v) is 9.54. The van der Waals surface area contributed by atoms with Crippen LogP contribution in [0.4, 0.5) is 0 Å². The van der Waals surface area contributed by atoms with Crippen LogP contribution in [-0.4, -0.2) is 8.07 Å². The van der Waals surface area contributed by atoms with Crippen LogP contribution in [0, 0.1) is 12.3 Å². The number of fused-ring (bicyclic) bond motifs is 3. The number of hydrogen-bond acceptors (Lipinski definition) is 0. The summed E-state index contributed by atoms with van der Waals surface area (Å²) in [7, 11) is -1.20. The van der Waals surface area contributed by atoms with Gasteiger partial charge in [-0.2, -0.15) is 5.92 Å². The molecule has 0 saturated heterocycles. The minimum Gasteiger partial charge on any atom is -1.00 e. The summed E-state index contributed by atoms with van der Waals surface area (Å²) in [5, 5.41) is 3.63. The first kappa shape index (κ1) is 24.9. The first-order chi connectivity index (χ1) is 12.6. The first-order valence-electron chi connectivity index (χ1n) is 10.1. The summed E-state index contributed by atoms with van der Waals surface area (Å²) in [4.78, 5) is 0. The number of allylic oxidation sites excluding steroid dienone is 2. The maximum Gasteiger partial charge on any atom is 3.00 e. The van der Waals surface area contributed by atoms with E-state index in [1.807, 2.05) is 5.20 Å². The van der Waals surface area contributed by atoms with E-state index in [0.29, 0.717) is 17.8 Å². The van der Waals surface area contributed by atoms with E-state index in [4.69, 9.17) is 0 Å². The van der Waals surface area contributed by atoms with Gasteiger partial charge in [0.2, 0.25) is 0 Å². The molecule has 149 valence electrons. The second kappa shape index (κ2) is 9.39. The average molecular weight is 518 g/mol. The molecule has 0 fully saturated rings. The molecule has 3 aliphatic rings. The van der Waals surface area contributed by atoms with Crippen molar-refractivity contribution < 1.29 is 51.0 Å². The van der Waals surface area contributed by atoms with Crippen LogP contribution in [-0.2, 0) is 26.2 Å². The molecule has 1 aliphatic heterocycles. The van der Waals surface area contributed by atoms with E-state index in [1.54, 1.807) is 16.3 Å². The molecule has 3 atom stereocenters. The maximum absolute atomic E-state index is 2.63. The molecule has 2 aromatic carbocycles. The monoisotopic (exact) mass is 515 g/mol. The van der Waals surface area contributed by atoms with E-state index in [9.17, 15) is 0 Å². The summed E-state index contributed by atoms with van der Waals surface area (Å²) in [6.45, 7) is 7.44. The van der Waals surface area contributed by atoms with Gasteiger partial charge in [0, 0.05) is 5.92 Å². The Morgan fingerprint density at radius 3 is 2.34 bits per heavy atom. The molecule has 1 heterocycles. The van der Waals surface area contributed by atoms with Gasteiger partial charge in [-0.3, -0.25) is 0 Å². The SMILES string of the molecule is CCC([CH-]C1C=Cc2ccccc21)CC1C2=C(c3ccccc31)[Si]2(C)C.[Cl-].[Cl-].[Zr+3]. The molecule has 2 aromatic rings. The Hall–Kier alpha value is -0.400. The molecule has 3 unspecified atom stereocenters. The van der Waals surface area contributed by atoms with Crippen molar-refractivity contribution in [3.63, 3.8) is 0 Å². The average Bonchev–Trinajstić information content (AvgIpc) is 2.97. The minimum absolute atomic E-state index is 0. The summed E-state index contributed by atoms with van der Waals surface area (Å²) in [6.07, 6.45) is 9.83. The van der Waals surface area contributed by atoms with Crippen LogP contribution >= 0.6 is 0 Å². The van der Waals surface area contributed by atoms with Gasteiger partial charge in [0.15, 0.2) is 0 Å². The Kier molecular flexibility index (Phi) is 8.05. The molecule has 29 heavy (non-hydrogen) atoms. The molecule has 1 radical (unpaired) electrons. The van der Waals surface area contributed by atoms with Crippen LogP contribution in [0.15, 0.2) is 59.8 Å². The first-order valence-corrected chi connectivity index (χ1v) is 13.1. The van der Waals surface area contributed by atoms with Gasteiger partial charge in [-0.05, 0) is 16.7 Å². The van der Waals surface area contributed by atoms with E-state index < -0.39 is 8.07 Å². The summed E-state index contributed by atoms with van der Waals surface area (Å²) in [5.74, 6) is 1.85. The van der Waals surface area contributed by atoms with E-state index in [1.165, 1.54) is 24.0 Å². The van der Waals surface area contributed by atoms with Crippen LogP contribution in [0.25, 0.3) is 11.3 Å². The third-order valence-corrected chi connectivity index (χ3v) is 10.3. The van der Waals surface area contributed by atoms with Gasteiger partial charge in [0.05, 0.1) is 0 Å². The van der Waals surface area contributed by atoms with Gasteiger partial charge < -0.3 is 31.2 Å². The Bertz CT molecular complexity index is 947. The van der Waals surface area contributed by atoms with Crippen molar-refractivity contribution in [2.75, 3.05) is 0 Å². The summed E-state index contributed by atoms with van der Waals surface area (Å²) in [6, 6.07) is 18.1. The van der Waals surface area contributed by atoms with E-state index in [2.05, 4.69) is 87.1 Å². The number of hydrogen-bond donors (Lipinski definition) is 0. The van der Waals surface area contributed by atoms with E-state index in [-0.39, 0.29) is 51.0 Å². The summed E-state index contributed by atoms with van der Waals surface area (Å²) < 4.78 is 0. The van der Waals surface area contributed by atoms with Gasteiger partial charge in [-0.15, -0.1) is 12.0 Å². The predicted octanol–water partition coefficient (Wildman–Crippen LogP) is 0.774. The van der Waals surface area contributed by atoms with Gasteiger partial charge in [-0.25, -0.2) is 0 Å². The van der Waals surface area contributed by atoms with Crippen LogP contribution < -0.4 is 24.8 Å². The fourth-order valence-electron chi connectivity index (χ4n) is 5.44. The van der Waals surface area contributed by atoms with Gasteiger partial charge in [-0.1, -0.05) is 103 Å². The normalized spacial score (nSPS) is 22.4. The van der Waals surface area contributed by atoms with Crippen molar-refractivity contribution in [3.8, 4) is 0 Å². The minimum atomic E-state index is -1.20. The van der Waals surface area contributed by atoms with Crippen LogP contribution in [0.5, 0.6) is 0 Å². The standard InChI is InChI=1S/C25H27Si.2ClH.Zr/c1-4-17(15-19-14-13-18-9-5-6-10-20(18)19)16-23-21-11-7-8-12-22(21)24-25(23)26(24,2)3;;;/h5-15,17,19,23H,4,16H2,1-3H3;2*1H;/q-1;;;+3/p-2. The van der Waals surface area contributed by atoms with Crippen molar-refractivity contribution in [1.82, 2.24) is 0 Å². The molecule has 0 bridgehead atoms. The Labute approximate surface area is 208 Å². The summed E-state index contributed by atoms with van der Waals surface area (Å²) >= 11 is 0. The number of rotatable bonds is 5. The van der Waals surface area contributed by atoms with Crippen LogP contribution in [0.3, 0.4) is 0 Å². The third-order valence-electron chi connectivity index (χ3n) is 6.84. The number of halogens is 2. The molecule has 4 heteroatoms. The van der Waals surface area contributed by atoms with Crippen molar-refractivity contribution >= 4 is 19.3 Å². The Balaban J connectivity index is 0.000001000. The molecular weight excluding hydrogens is 490 g/mol. The molecule has 0 amide bonds. The number of benzene rings is 2. The molecule has 2 aliphatic carbocycles. The molecule has 0 aromatic heterocycles. The zero-order valence-corrected chi connectivity index (χ0v) is 22.2. The van der Waals surface area contributed by atoms with Crippen molar-refractivity contribution in [2.45, 2.75) is 44.7 Å². The van der Waals surface area contributed by atoms with Crippen LogP contribution in [0.1, 0.15) is 53.9 Å². The third kappa shape index (κ3) is 4.08. The fraction of sp³-hybridized carbons (Fsp3) is 0.320. The zero-order valence-electron chi connectivity index (χ0n) is 17.3. The Morgan fingerprint density at radius 2 is 1.62 bits per heavy atom. The van der Waals surface area contributed by atoms with E-state index in [0.717, 1.165) is 0 Å². The second-order valence-corrected chi connectivity index (χ2v) is 13.0. The van der Waals surface area contributed by atoms with Gasteiger partial charge in [0.1, 0.15) is 8.07 Å². The molecular formula is C25H27Cl2SiZr. The second-order valence-electron chi connectivity index (χ2n) is 8.66. The van der Waals surface area contributed by atoms with E-state index >= 15 is 0 Å². The van der Waals surface area contributed by atoms with Gasteiger partial charge in [0.25, 0.3) is 0 Å². The largest absolute Gasteiger partial charge is 3.00 e. The molecule has 0 spiro atoms. The van der Waals surface area contributed by atoms with Crippen LogP contribution in [0.2, 0.25) is 13.1 Å². The van der Waals surface area contributed by atoms with Crippen molar-refractivity contribution in [2.24, 2.45) is 5.92 Å². The van der Waals surface area contributed by atoms with Gasteiger partial charge >= 0.3 is 26.2 Å². The van der Waals surface area contributed by atoms with Crippen molar-refractivity contribution in [3.05, 3.63) is 88.5 Å². The summed E-state index contributed by atoms with van der Waals surface area (Å²) in [5.41, 5.74) is 6.08.